The van der Waals surface area contributed by atoms with E-state index in [1.165, 1.54) is 17.2 Å². The molecule has 142 valence electrons. The SMILES string of the molecule is CSc1ccccc1CNc1n[nH]c2nc(Oc3ccc(F)cc3F)ncc12. The monoisotopic (exact) mass is 399 g/mol. The quantitative estimate of drug-likeness (QED) is 0.456. The van der Waals surface area contributed by atoms with E-state index in [1.54, 1.807) is 11.8 Å². The van der Waals surface area contributed by atoms with Crippen molar-refractivity contribution in [2.24, 2.45) is 0 Å². The molecule has 0 atom stereocenters. The molecular formula is C19H15F2N5OS. The van der Waals surface area contributed by atoms with E-state index in [4.69, 9.17) is 4.74 Å². The number of anilines is 1. The van der Waals surface area contributed by atoms with Crippen molar-refractivity contribution in [2.75, 3.05) is 11.6 Å². The minimum absolute atomic E-state index is 0.0686. The lowest BCUT2D eigenvalue weighted by atomic mass is 10.2. The van der Waals surface area contributed by atoms with Gasteiger partial charge in [-0.05, 0) is 30.0 Å². The van der Waals surface area contributed by atoms with E-state index in [9.17, 15) is 8.78 Å². The van der Waals surface area contributed by atoms with Crippen molar-refractivity contribution in [3.8, 4) is 11.8 Å². The van der Waals surface area contributed by atoms with Gasteiger partial charge in [-0.15, -0.1) is 11.8 Å². The molecule has 0 fully saturated rings. The molecule has 2 heterocycles. The second kappa shape index (κ2) is 7.81. The average Bonchev–Trinajstić information content (AvgIpc) is 3.11. The van der Waals surface area contributed by atoms with Crippen LogP contribution in [-0.4, -0.2) is 26.4 Å². The Hall–Kier alpha value is -3.20. The summed E-state index contributed by atoms with van der Waals surface area (Å²) < 4.78 is 32.0. The molecule has 2 aromatic carbocycles. The van der Waals surface area contributed by atoms with E-state index in [2.05, 4.69) is 31.5 Å². The van der Waals surface area contributed by atoms with Crippen LogP contribution in [0.1, 0.15) is 5.56 Å². The van der Waals surface area contributed by atoms with Crippen LogP contribution in [0.15, 0.2) is 53.6 Å². The van der Waals surface area contributed by atoms with E-state index < -0.39 is 11.6 Å². The Labute approximate surface area is 163 Å². The Morgan fingerprint density at radius 1 is 1.18 bits per heavy atom. The zero-order valence-electron chi connectivity index (χ0n) is 14.7. The second-order valence-corrected chi connectivity index (χ2v) is 6.68. The van der Waals surface area contributed by atoms with Crippen molar-refractivity contribution in [1.29, 1.82) is 0 Å². The van der Waals surface area contributed by atoms with Crippen LogP contribution in [0, 0.1) is 11.6 Å². The molecule has 0 saturated heterocycles. The lowest BCUT2D eigenvalue weighted by Crippen LogP contribution is -2.01. The van der Waals surface area contributed by atoms with Crippen molar-refractivity contribution in [2.45, 2.75) is 11.4 Å². The Balaban J connectivity index is 1.53. The van der Waals surface area contributed by atoms with Gasteiger partial charge in [0.15, 0.2) is 23.0 Å². The molecule has 2 aromatic heterocycles. The highest BCUT2D eigenvalue weighted by molar-refractivity contribution is 7.98. The maximum Gasteiger partial charge on any atom is 0.324 e. The van der Waals surface area contributed by atoms with Crippen molar-refractivity contribution >= 4 is 28.6 Å². The van der Waals surface area contributed by atoms with Crippen LogP contribution >= 0.6 is 11.8 Å². The van der Waals surface area contributed by atoms with Gasteiger partial charge in [-0.25, -0.2) is 13.8 Å². The number of H-pyrrole nitrogens is 1. The first-order valence-electron chi connectivity index (χ1n) is 8.34. The summed E-state index contributed by atoms with van der Waals surface area (Å²) in [6.45, 7) is 0.593. The average molecular weight is 399 g/mol. The van der Waals surface area contributed by atoms with Crippen LogP contribution in [0.4, 0.5) is 14.6 Å². The van der Waals surface area contributed by atoms with Gasteiger partial charge < -0.3 is 10.1 Å². The van der Waals surface area contributed by atoms with Crippen LogP contribution in [-0.2, 0) is 6.54 Å². The number of aromatic nitrogens is 4. The maximum atomic E-state index is 13.7. The number of hydrogen-bond donors (Lipinski definition) is 2. The molecule has 0 spiro atoms. The molecule has 4 aromatic rings. The van der Waals surface area contributed by atoms with Gasteiger partial charge in [0, 0.05) is 23.7 Å². The fourth-order valence-corrected chi connectivity index (χ4v) is 3.28. The number of halogens is 2. The first kappa shape index (κ1) is 18.2. The molecule has 6 nitrogen and oxygen atoms in total. The number of aromatic amines is 1. The normalized spacial score (nSPS) is 11.0. The zero-order chi connectivity index (χ0) is 19.5. The number of nitrogens with one attached hydrogen (secondary N) is 2. The highest BCUT2D eigenvalue weighted by Crippen LogP contribution is 2.26. The molecule has 0 aliphatic rings. The highest BCUT2D eigenvalue weighted by Gasteiger charge is 2.12. The maximum absolute atomic E-state index is 13.7. The number of fused-ring (bicyclic) bond motifs is 1. The predicted octanol–water partition coefficient (Wildman–Crippen LogP) is 4.76. The van der Waals surface area contributed by atoms with Gasteiger partial charge in [-0.2, -0.15) is 10.1 Å². The lowest BCUT2D eigenvalue weighted by molar-refractivity contribution is 0.409. The third-order valence-corrected chi connectivity index (χ3v) is 4.87. The van der Waals surface area contributed by atoms with Gasteiger partial charge in [-0.1, -0.05) is 18.2 Å². The Kier molecular flexibility index (Phi) is 5.07. The first-order chi connectivity index (χ1) is 13.6. The summed E-state index contributed by atoms with van der Waals surface area (Å²) >= 11 is 1.68. The Bertz CT molecular complexity index is 1130. The van der Waals surface area contributed by atoms with Gasteiger partial charge in [0.1, 0.15) is 5.82 Å². The smallest absolute Gasteiger partial charge is 0.324 e. The summed E-state index contributed by atoms with van der Waals surface area (Å²) in [5, 5.41) is 11.0. The van der Waals surface area contributed by atoms with E-state index in [0.29, 0.717) is 23.4 Å². The van der Waals surface area contributed by atoms with Crippen molar-refractivity contribution in [3.63, 3.8) is 0 Å². The summed E-state index contributed by atoms with van der Waals surface area (Å²) in [6, 6.07) is 11.0. The number of rotatable bonds is 6. The van der Waals surface area contributed by atoms with Crippen LogP contribution in [0.2, 0.25) is 0 Å². The van der Waals surface area contributed by atoms with Crippen LogP contribution < -0.4 is 10.1 Å². The largest absolute Gasteiger partial charge is 0.421 e. The van der Waals surface area contributed by atoms with Gasteiger partial charge >= 0.3 is 6.01 Å². The summed E-state index contributed by atoms with van der Waals surface area (Å²) in [5.41, 5.74) is 1.59. The molecule has 4 rings (SSSR count). The molecular weight excluding hydrogens is 384 g/mol. The lowest BCUT2D eigenvalue weighted by Gasteiger charge is -2.08. The zero-order valence-corrected chi connectivity index (χ0v) is 15.6. The molecule has 0 aliphatic heterocycles. The summed E-state index contributed by atoms with van der Waals surface area (Å²) in [5.74, 6) is -1.07. The molecule has 9 heteroatoms. The molecule has 2 N–H and O–H groups in total. The third-order valence-electron chi connectivity index (χ3n) is 4.03. The molecule has 0 unspecified atom stereocenters. The van der Waals surface area contributed by atoms with Gasteiger partial charge in [-0.3, -0.25) is 5.10 Å². The number of nitrogens with zero attached hydrogens (tertiary/aromatic N) is 3. The second-order valence-electron chi connectivity index (χ2n) is 5.83. The van der Waals surface area contributed by atoms with Crippen LogP contribution in [0.3, 0.4) is 0 Å². The van der Waals surface area contributed by atoms with Gasteiger partial charge in [0.05, 0.1) is 5.39 Å². The Morgan fingerprint density at radius 3 is 2.86 bits per heavy atom. The standard InChI is InChI=1S/C19H15F2N5OS/c1-28-16-5-3-2-4-11(16)9-22-17-13-10-23-19(24-18(13)26-25-17)27-15-7-6-12(20)8-14(15)21/h2-8,10H,9H2,1H3,(H2,22,23,24,25,26). The molecule has 0 amide bonds. The van der Waals surface area contributed by atoms with Gasteiger partial charge in [0.25, 0.3) is 0 Å². The Morgan fingerprint density at radius 2 is 2.04 bits per heavy atom. The molecule has 0 bridgehead atoms. The van der Waals surface area contributed by atoms with Gasteiger partial charge in [0.2, 0.25) is 0 Å². The summed E-state index contributed by atoms with van der Waals surface area (Å²) in [6.07, 6.45) is 3.56. The minimum atomic E-state index is -0.830. The summed E-state index contributed by atoms with van der Waals surface area (Å²) in [7, 11) is 0. The third kappa shape index (κ3) is 3.74. The van der Waals surface area contributed by atoms with E-state index in [1.807, 2.05) is 24.5 Å². The van der Waals surface area contributed by atoms with Crippen LogP contribution in [0.5, 0.6) is 11.8 Å². The van der Waals surface area contributed by atoms with E-state index in [-0.39, 0.29) is 11.8 Å². The number of hydrogen-bond acceptors (Lipinski definition) is 6. The van der Waals surface area contributed by atoms with E-state index >= 15 is 0 Å². The number of thioether (sulfide) groups is 1. The molecule has 0 radical (unpaired) electrons. The topological polar surface area (TPSA) is 75.7 Å². The van der Waals surface area contributed by atoms with Crippen molar-refractivity contribution in [3.05, 3.63) is 65.9 Å². The highest BCUT2D eigenvalue weighted by atomic mass is 32.2. The van der Waals surface area contributed by atoms with Crippen molar-refractivity contribution < 1.29 is 13.5 Å². The minimum Gasteiger partial charge on any atom is -0.421 e. The molecule has 0 aliphatic carbocycles. The first-order valence-corrected chi connectivity index (χ1v) is 9.56. The van der Waals surface area contributed by atoms with Crippen molar-refractivity contribution in [1.82, 2.24) is 20.2 Å². The predicted molar refractivity (Wildman–Crippen MR) is 104 cm³/mol. The number of ether oxygens (including phenoxy) is 1. The summed E-state index contributed by atoms with van der Waals surface area (Å²) in [4.78, 5) is 9.46. The molecule has 0 saturated carbocycles. The van der Waals surface area contributed by atoms with Crippen LogP contribution in [0.25, 0.3) is 11.0 Å². The molecule has 28 heavy (non-hydrogen) atoms. The fourth-order valence-electron chi connectivity index (χ4n) is 2.66. The van der Waals surface area contributed by atoms with E-state index in [0.717, 1.165) is 17.7 Å². The number of benzene rings is 2. The fraction of sp³-hybridized carbons (Fsp3) is 0.105.